The molecule has 4 nitrogen and oxygen atoms in total. The van der Waals surface area contributed by atoms with Crippen LogP contribution in [0.4, 0.5) is 0 Å². The lowest BCUT2D eigenvalue weighted by atomic mass is 10.0. The Bertz CT molecular complexity index is 306. The number of fused-ring (bicyclic) bond motifs is 1. The van der Waals surface area contributed by atoms with Crippen LogP contribution < -0.4 is 0 Å². The summed E-state index contributed by atoms with van der Waals surface area (Å²) < 4.78 is 5.70. The highest BCUT2D eigenvalue weighted by Crippen LogP contribution is 2.41. The Kier molecular flexibility index (Phi) is 2.96. The second kappa shape index (κ2) is 4.29. The molecule has 4 unspecified atom stereocenters. The van der Waals surface area contributed by atoms with Gasteiger partial charge in [-0.3, -0.25) is 4.99 Å². The first-order valence-corrected chi connectivity index (χ1v) is 6.82. The van der Waals surface area contributed by atoms with Crippen LogP contribution in [0.2, 0.25) is 0 Å². The van der Waals surface area contributed by atoms with Crippen LogP contribution in [0.15, 0.2) is 4.99 Å². The van der Waals surface area contributed by atoms with Gasteiger partial charge in [-0.1, -0.05) is 11.8 Å². The number of rotatable bonds is 3. The van der Waals surface area contributed by atoms with Crippen LogP contribution in [-0.4, -0.2) is 45.5 Å². The average molecular weight is 243 g/mol. The summed E-state index contributed by atoms with van der Waals surface area (Å²) in [5.74, 6) is 0.817. The van der Waals surface area contributed by atoms with Crippen molar-refractivity contribution in [3.63, 3.8) is 0 Å². The number of ether oxygens (including phenoxy) is 1. The predicted molar refractivity (Wildman–Crippen MR) is 62.5 cm³/mol. The van der Waals surface area contributed by atoms with Crippen LogP contribution in [0.25, 0.3) is 0 Å². The summed E-state index contributed by atoms with van der Waals surface area (Å²) in [7, 11) is 0. The Morgan fingerprint density at radius 2 is 2.25 bits per heavy atom. The van der Waals surface area contributed by atoms with Crippen LogP contribution in [0.5, 0.6) is 0 Å². The third-order valence-corrected chi connectivity index (χ3v) is 4.58. The van der Waals surface area contributed by atoms with Crippen LogP contribution in [-0.2, 0) is 4.74 Å². The molecule has 5 heteroatoms. The Morgan fingerprint density at radius 1 is 1.44 bits per heavy atom. The molecule has 3 rings (SSSR count). The zero-order valence-electron chi connectivity index (χ0n) is 9.08. The van der Waals surface area contributed by atoms with Crippen LogP contribution >= 0.6 is 11.8 Å². The van der Waals surface area contributed by atoms with Gasteiger partial charge in [-0.15, -0.1) is 0 Å². The van der Waals surface area contributed by atoms with Gasteiger partial charge in [-0.05, 0) is 25.2 Å². The van der Waals surface area contributed by atoms with E-state index in [1.165, 1.54) is 12.8 Å². The average Bonchev–Trinajstić information content (AvgIpc) is 2.96. The molecular formula is C11H17NO3S. The third-order valence-electron chi connectivity index (χ3n) is 3.41. The first-order chi connectivity index (χ1) is 7.76. The zero-order chi connectivity index (χ0) is 11.1. The number of hydrogen-bond donors (Lipinski definition) is 2. The van der Waals surface area contributed by atoms with Gasteiger partial charge < -0.3 is 14.9 Å². The van der Waals surface area contributed by atoms with E-state index in [0.29, 0.717) is 6.42 Å². The Balaban J connectivity index is 1.65. The lowest BCUT2D eigenvalue weighted by Crippen LogP contribution is -2.45. The topological polar surface area (TPSA) is 62.0 Å². The van der Waals surface area contributed by atoms with Crippen molar-refractivity contribution in [2.45, 2.75) is 49.4 Å². The van der Waals surface area contributed by atoms with Gasteiger partial charge in [-0.2, -0.15) is 0 Å². The molecule has 1 aliphatic carbocycles. The molecule has 1 saturated heterocycles. The lowest BCUT2D eigenvalue weighted by molar-refractivity contribution is -0.0875. The van der Waals surface area contributed by atoms with Gasteiger partial charge in [0.25, 0.3) is 0 Å². The maximum Gasteiger partial charge on any atom is 0.134 e. The number of aliphatic hydroxyl groups excluding tert-OH is 2. The fourth-order valence-corrected chi connectivity index (χ4v) is 3.66. The monoisotopic (exact) mass is 243 g/mol. The van der Waals surface area contributed by atoms with Gasteiger partial charge in [-0.25, -0.2) is 0 Å². The molecule has 0 aromatic rings. The quantitative estimate of drug-likeness (QED) is 0.768. The summed E-state index contributed by atoms with van der Waals surface area (Å²) in [5, 5.41) is 20.1. The van der Waals surface area contributed by atoms with Crippen molar-refractivity contribution in [3.05, 3.63) is 0 Å². The summed E-state index contributed by atoms with van der Waals surface area (Å²) in [5.41, 5.74) is -0.0744. The minimum absolute atomic E-state index is 0.0151. The maximum absolute atomic E-state index is 9.94. The molecule has 3 aliphatic rings. The van der Waals surface area contributed by atoms with Crippen molar-refractivity contribution in [1.82, 2.24) is 0 Å². The number of aliphatic hydroxyl groups is 2. The Labute approximate surface area is 99.1 Å². The molecular weight excluding hydrogens is 226 g/mol. The SMILES string of the molecule is OCC1CC(O)C2N=C(CC3CC3)SC2O1. The molecule has 4 atom stereocenters. The van der Waals surface area contributed by atoms with Crippen LogP contribution in [0.1, 0.15) is 25.7 Å². The van der Waals surface area contributed by atoms with E-state index in [-0.39, 0.29) is 24.2 Å². The van der Waals surface area contributed by atoms with E-state index in [1.54, 1.807) is 11.8 Å². The number of thioether (sulfide) groups is 1. The van der Waals surface area contributed by atoms with E-state index in [1.807, 2.05) is 0 Å². The normalized spacial score (nSPS) is 43.0. The highest BCUT2D eigenvalue weighted by molar-refractivity contribution is 8.14. The van der Waals surface area contributed by atoms with E-state index < -0.39 is 6.10 Å². The van der Waals surface area contributed by atoms with Crippen molar-refractivity contribution in [2.24, 2.45) is 10.9 Å². The van der Waals surface area contributed by atoms with Crippen LogP contribution in [0, 0.1) is 5.92 Å². The highest BCUT2D eigenvalue weighted by atomic mass is 32.2. The van der Waals surface area contributed by atoms with Gasteiger partial charge in [0.05, 0.1) is 23.9 Å². The van der Waals surface area contributed by atoms with Crippen molar-refractivity contribution >= 4 is 16.8 Å². The molecule has 0 bridgehead atoms. The fraction of sp³-hybridized carbons (Fsp3) is 0.909. The third kappa shape index (κ3) is 2.14. The van der Waals surface area contributed by atoms with Gasteiger partial charge in [0.15, 0.2) is 0 Å². The van der Waals surface area contributed by atoms with Crippen molar-refractivity contribution in [2.75, 3.05) is 6.61 Å². The van der Waals surface area contributed by atoms with E-state index in [0.717, 1.165) is 17.4 Å². The minimum Gasteiger partial charge on any atom is -0.394 e. The summed E-state index contributed by atoms with van der Waals surface area (Å²) in [6.45, 7) is -0.0151. The van der Waals surface area contributed by atoms with E-state index in [4.69, 9.17) is 9.84 Å². The van der Waals surface area contributed by atoms with E-state index in [2.05, 4.69) is 4.99 Å². The standard InChI is InChI=1S/C11H17NO3S/c13-5-7-4-8(14)10-11(15-7)16-9(12-10)3-6-1-2-6/h6-8,10-11,13-14H,1-5H2. The van der Waals surface area contributed by atoms with Crippen molar-refractivity contribution < 1.29 is 14.9 Å². The molecule has 0 amide bonds. The molecule has 16 heavy (non-hydrogen) atoms. The zero-order valence-corrected chi connectivity index (χ0v) is 9.90. The number of hydrogen-bond acceptors (Lipinski definition) is 5. The summed E-state index contributed by atoms with van der Waals surface area (Å²) in [4.78, 5) is 4.56. The molecule has 2 fully saturated rings. The first-order valence-electron chi connectivity index (χ1n) is 5.94. The van der Waals surface area contributed by atoms with Crippen molar-refractivity contribution in [1.29, 1.82) is 0 Å². The number of nitrogens with zero attached hydrogens (tertiary/aromatic N) is 1. The fourth-order valence-electron chi connectivity index (χ4n) is 2.28. The summed E-state index contributed by atoms with van der Waals surface area (Å²) in [6.07, 6.45) is 3.50. The molecule has 1 saturated carbocycles. The molecule has 0 spiro atoms. The predicted octanol–water partition coefficient (Wildman–Crippen LogP) is 0.769. The van der Waals surface area contributed by atoms with Gasteiger partial charge in [0.2, 0.25) is 0 Å². The van der Waals surface area contributed by atoms with Gasteiger partial charge in [0.1, 0.15) is 11.5 Å². The summed E-state index contributed by atoms with van der Waals surface area (Å²) >= 11 is 1.64. The van der Waals surface area contributed by atoms with E-state index >= 15 is 0 Å². The lowest BCUT2D eigenvalue weighted by Gasteiger charge is -2.33. The molecule has 0 aromatic carbocycles. The maximum atomic E-state index is 9.94. The first kappa shape index (κ1) is 11.0. The van der Waals surface area contributed by atoms with Crippen LogP contribution in [0.3, 0.4) is 0 Å². The Hall–Kier alpha value is -0.100. The van der Waals surface area contributed by atoms with E-state index in [9.17, 15) is 5.11 Å². The van der Waals surface area contributed by atoms with Gasteiger partial charge in [0, 0.05) is 6.42 Å². The molecule has 0 radical (unpaired) electrons. The number of aliphatic imine (C=N–C) groups is 1. The molecule has 90 valence electrons. The smallest absolute Gasteiger partial charge is 0.134 e. The van der Waals surface area contributed by atoms with Crippen molar-refractivity contribution in [3.8, 4) is 0 Å². The second-order valence-electron chi connectivity index (χ2n) is 4.89. The summed E-state index contributed by atoms with van der Waals surface area (Å²) in [6, 6.07) is -0.110. The minimum atomic E-state index is -0.458. The Morgan fingerprint density at radius 3 is 2.94 bits per heavy atom. The molecule has 2 aliphatic heterocycles. The molecule has 0 aromatic heterocycles. The van der Waals surface area contributed by atoms with Gasteiger partial charge >= 0.3 is 0 Å². The molecule has 2 N–H and O–H groups in total. The highest BCUT2D eigenvalue weighted by Gasteiger charge is 2.43. The largest absolute Gasteiger partial charge is 0.394 e. The second-order valence-corrected chi connectivity index (χ2v) is 6.06. The molecule has 2 heterocycles.